The van der Waals surface area contributed by atoms with Crippen molar-refractivity contribution < 1.29 is 0 Å². The van der Waals surface area contributed by atoms with Crippen molar-refractivity contribution in [3.63, 3.8) is 0 Å². The summed E-state index contributed by atoms with van der Waals surface area (Å²) in [5, 5.41) is 0. The van der Waals surface area contributed by atoms with Crippen molar-refractivity contribution in [3.05, 3.63) is 0 Å². The molecule has 0 saturated heterocycles. The van der Waals surface area contributed by atoms with Crippen molar-refractivity contribution in [2.45, 2.75) is 32.4 Å². The van der Waals surface area contributed by atoms with Gasteiger partial charge < -0.3 is 15.5 Å². The first kappa shape index (κ1) is 12.9. The van der Waals surface area contributed by atoms with Crippen molar-refractivity contribution in [2.75, 3.05) is 34.2 Å². The van der Waals surface area contributed by atoms with E-state index < -0.39 is 0 Å². The van der Waals surface area contributed by atoms with Gasteiger partial charge in [-0.25, -0.2) is 0 Å². The number of nitrogens with zero attached hydrogens (tertiary/aromatic N) is 2. The van der Waals surface area contributed by atoms with Crippen LogP contribution in [-0.2, 0) is 0 Å². The Balaban J connectivity index is 3.62. The molecule has 0 aliphatic rings. The Labute approximate surface area is 82.9 Å². The van der Waals surface area contributed by atoms with E-state index in [2.05, 4.69) is 44.8 Å². The number of nitrogens with two attached hydrogens (primary N) is 1. The number of rotatable bonds is 6. The largest absolute Gasteiger partial charge is 0.328 e. The van der Waals surface area contributed by atoms with Gasteiger partial charge in [0.2, 0.25) is 0 Å². The van der Waals surface area contributed by atoms with E-state index >= 15 is 0 Å². The first-order chi connectivity index (χ1) is 5.93. The van der Waals surface area contributed by atoms with Crippen LogP contribution in [0.3, 0.4) is 0 Å². The van der Waals surface area contributed by atoms with E-state index in [1.165, 1.54) is 0 Å². The minimum Gasteiger partial charge on any atom is -0.328 e. The van der Waals surface area contributed by atoms with Gasteiger partial charge in [-0.1, -0.05) is 0 Å². The third-order valence-corrected chi connectivity index (χ3v) is 2.37. The second kappa shape index (κ2) is 6.35. The molecule has 0 saturated carbocycles. The van der Waals surface area contributed by atoms with Crippen molar-refractivity contribution in [3.8, 4) is 0 Å². The lowest BCUT2D eigenvalue weighted by molar-refractivity contribution is 0.214. The Kier molecular flexibility index (Phi) is 6.29. The fraction of sp³-hybridized carbons (Fsp3) is 1.00. The summed E-state index contributed by atoms with van der Waals surface area (Å²) in [6.45, 7) is 6.52. The van der Waals surface area contributed by atoms with Gasteiger partial charge in [0.1, 0.15) is 0 Å². The lowest BCUT2D eigenvalue weighted by atomic mass is 10.1. The van der Waals surface area contributed by atoms with Crippen LogP contribution in [0.4, 0.5) is 0 Å². The first-order valence-corrected chi connectivity index (χ1v) is 5.04. The molecule has 3 heteroatoms. The van der Waals surface area contributed by atoms with Crippen LogP contribution in [0.25, 0.3) is 0 Å². The number of likely N-dealkylation sites (N-methyl/N-ethyl adjacent to an activating group) is 2. The second-order valence-electron chi connectivity index (χ2n) is 4.35. The first-order valence-electron chi connectivity index (χ1n) is 5.04. The van der Waals surface area contributed by atoms with E-state index in [-0.39, 0.29) is 0 Å². The number of hydrogen-bond acceptors (Lipinski definition) is 3. The average Bonchev–Trinajstić information content (AvgIpc) is 1.98. The molecule has 80 valence electrons. The molecule has 13 heavy (non-hydrogen) atoms. The molecule has 0 heterocycles. The van der Waals surface area contributed by atoms with Gasteiger partial charge in [0.15, 0.2) is 0 Å². The standard InChI is InChI=1S/C10H25N3/c1-9(11)8-10(2)13(5)7-6-12(3)4/h9-10H,6-8,11H2,1-5H3. The minimum absolute atomic E-state index is 0.303. The maximum atomic E-state index is 5.75. The van der Waals surface area contributed by atoms with Crippen molar-refractivity contribution in [2.24, 2.45) is 5.73 Å². The average molecular weight is 187 g/mol. The summed E-state index contributed by atoms with van der Waals surface area (Å²) in [6.07, 6.45) is 1.07. The van der Waals surface area contributed by atoms with E-state index in [1.807, 2.05) is 0 Å². The Morgan fingerprint density at radius 1 is 1.08 bits per heavy atom. The van der Waals surface area contributed by atoms with Crippen LogP contribution >= 0.6 is 0 Å². The van der Waals surface area contributed by atoms with Crippen molar-refractivity contribution >= 4 is 0 Å². The summed E-state index contributed by atoms with van der Waals surface area (Å²) in [7, 11) is 6.37. The Morgan fingerprint density at radius 2 is 1.62 bits per heavy atom. The minimum atomic E-state index is 0.303. The van der Waals surface area contributed by atoms with Crippen LogP contribution < -0.4 is 5.73 Å². The molecule has 0 fully saturated rings. The molecule has 0 aromatic rings. The lowest BCUT2D eigenvalue weighted by Gasteiger charge is -2.27. The van der Waals surface area contributed by atoms with E-state index in [0.717, 1.165) is 19.5 Å². The molecule has 0 radical (unpaired) electrons. The maximum absolute atomic E-state index is 5.75. The highest BCUT2D eigenvalue weighted by atomic mass is 15.2. The van der Waals surface area contributed by atoms with Crippen molar-refractivity contribution in [1.29, 1.82) is 0 Å². The molecule has 0 aliphatic heterocycles. The van der Waals surface area contributed by atoms with Crippen molar-refractivity contribution in [1.82, 2.24) is 9.80 Å². The summed E-state index contributed by atoms with van der Waals surface area (Å²) >= 11 is 0. The zero-order chi connectivity index (χ0) is 10.4. The predicted molar refractivity (Wildman–Crippen MR) is 58.9 cm³/mol. The lowest BCUT2D eigenvalue weighted by Crippen LogP contribution is -2.38. The van der Waals surface area contributed by atoms with Crippen LogP contribution in [0.2, 0.25) is 0 Å². The van der Waals surface area contributed by atoms with Crippen LogP contribution in [0, 0.1) is 0 Å². The van der Waals surface area contributed by atoms with Gasteiger partial charge in [-0.2, -0.15) is 0 Å². The summed E-state index contributed by atoms with van der Waals surface area (Å²) in [5.41, 5.74) is 5.75. The third kappa shape index (κ3) is 6.99. The van der Waals surface area contributed by atoms with Crippen LogP contribution in [-0.4, -0.2) is 56.1 Å². The highest BCUT2D eigenvalue weighted by Gasteiger charge is 2.10. The summed E-state index contributed by atoms with van der Waals surface area (Å²) in [4.78, 5) is 4.57. The summed E-state index contributed by atoms with van der Waals surface area (Å²) in [5.74, 6) is 0. The van der Waals surface area contributed by atoms with Gasteiger partial charge in [-0.05, 0) is 41.4 Å². The monoisotopic (exact) mass is 187 g/mol. The zero-order valence-electron chi connectivity index (χ0n) is 9.75. The molecule has 0 aliphatic carbocycles. The molecule has 2 N–H and O–H groups in total. The molecule has 0 rings (SSSR count). The molecule has 2 unspecified atom stereocenters. The molecule has 0 aromatic carbocycles. The van der Waals surface area contributed by atoms with Gasteiger partial charge >= 0.3 is 0 Å². The SMILES string of the molecule is CC(N)CC(C)N(C)CCN(C)C. The molecule has 2 atom stereocenters. The summed E-state index contributed by atoms with van der Waals surface area (Å²) < 4.78 is 0. The smallest absolute Gasteiger partial charge is 0.0109 e. The fourth-order valence-corrected chi connectivity index (χ4v) is 1.30. The summed E-state index contributed by atoms with van der Waals surface area (Å²) in [6, 6.07) is 0.886. The predicted octanol–water partition coefficient (Wildman–Crippen LogP) is 0.606. The second-order valence-corrected chi connectivity index (χ2v) is 4.35. The van der Waals surface area contributed by atoms with Crippen LogP contribution in [0.15, 0.2) is 0 Å². The van der Waals surface area contributed by atoms with Gasteiger partial charge in [0, 0.05) is 25.2 Å². The molecule has 0 aromatic heterocycles. The highest BCUT2D eigenvalue weighted by molar-refractivity contribution is 4.68. The van der Waals surface area contributed by atoms with Gasteiger partial charge in [-0.15, -0.1) is 0 Å². The normalized spacial score (nSPS) is 16.6. The molecule has 0 amide bonds. The Morgan fingerprint density at radius 3 is 2.00 bits per heavy atom. The molecule has 0 spiro atoms. The van der Waals surface area contributed by atoms with Gasteiger partial charge in [0.05, 0.1) is 0 Å². The maximum Gasteiger partial charge on any atom is 0.0109 e. The van der Waals surface area contributed by atoms with Gasteiger partial charge in [0.25, 0.3) is 0 Å². The van der Waals surface area contributed by atoms with E-state index in [1.54, 1.807) is 0 Å². The quantitative estimate of drug-likeness (QED) is 0.661. The molecule has 0 bridgehead atoms. The number of hydrogen-bond donors (Lipinski definition) is 1. The van der Waals surface area contributed by atoms with Gasteiger partial charge in [-0.3, -0.25) is 0 Å². The zero-order valence-corrected chi connectivity index (χ0v) is 9.75. The molecular weight excluding hydrogens is 162 g/mol. The van der Waals surface area contributed by atoms with E-state index in [0.29, 0.717) is 12.1 Å². The Bertz CT molecular complexity index is 123. The van der Waals surface area contributed by atoms with E-state index in [9.17, 15) is 0 Å². The third-order valence-electron chi connectivity index (χ3n) is 2.37. The Hall–Kier alpha value is -0.120. The highest BCUT2D eigenvalue weighted by Crippen LogP contribution is 2.02. The molecule has 3 nitrogen and oxygen atoms in total. The van der Waals surface area contributed by atoms with Crippen LogP contribution in [0.1, 0.15) is 20.3 Å². The van der Waals surface area contributed by atoms with Crippen LogP contribution in [0.5, 0.6) is 0 Å². The topological polar surface area (TPSA) is 32.5 Å². The molecular formula is C10H25N3. The van der Waals surface area contributed by atoms with E-state index in [4.69, 9.17) is 5.73 Å². The fourth-order valence-electron chi connectivity index (χ4n) is 1.30.